The number of hydrogen-bond donors (Lipinski definition) is 0. The Hall–Kier alpha value is -2.36. The lowest BCUT2D eigenvalue weighted by Gasteiger charge is -2.06. The van der Waals surface area contributed by atoms with Crippen molar-refractivity contribution in [1.29, 1.82) is 0 Å². The minimum atomic E-state index is 0.753. The van der Waals surface area contributed by atoms with Crippen molar-refractivity contribution in [2.45, 2.75) is 0 Å². The molecule has 0 radical (unpaired) electrons. The summed E-state index contributed by atoms with van der Waals surface area (Å²) in [6.45, 7) is 0. The van der Waals surface area contributed by atoms with Crippen molar-refractivity contribution < 1.29 is 9.47 Å². The predicted octanol–water partition coefficient (Wildman–Crippen LogP) is 2.85. The lowest BCUT2D eigenvalue weighted by molar-refractivity contribution is 0.402. The molecule has 2 rings (SSSR count). The minimum absolute atomic E-state index is 0.753. The highest BCUT2D eigenvalue weighted by Gasteiger charge is 2.02. The Bertz CT molecular complexity index is 539. The number of benzene rings is 1. The van der Waals surface area contributed by atoms with Gasteiger partial charge in [0.2, 0.25) is 0 Å². The normalized spacial score (nSPS) is 10.6. The number of methoxy groups -OCH3 is 2. The Morgan fingerprint density at radius 3 is 2.72 bits per heavy atom. The third-order valence-corrected chi connectivity index (χ3v) is 2.44. The van der Waals surface area contributed by atoms with Gasteiger partial charge in [0.15, 0.2) is 0 Å². The van der Waals surface area contributed by atoms with E-state index in [0.29, 0.717) is 0 Å². The van der Waals surface area contributed by atoms with Gasteiger partial charge < -0.3 is 9.47 Å². The number of aliphatic imine (C=N–C) groups is 1. The molecule has 0 atom stereocenters. The molecule has 92 valence electrons. The summed E-state index contributed by atoms with van der Waals surface area (Å²) in [5.41, 5.74) is 1.66. The third kappa shape index (κ3) is 2.85. The maximum atomic E-state index is 5.27. The summed E-state index contributed by atoms with van der Waals surface area (Å²) < 4.78 is 10.4. The van der Waals surface area contributed by atoms with Crippen molar-refractivity contribution >= 4 is 11.9 Å². The first-order chi connectivity index (χ1) is 8.83. The van der Waals surface area contributed by atoms with Gasteiger partial charge in [-0.2, -0.15) is 0 Å². The van der Waals surface area contributed by atoms with E-state index < -0.39 is 0 Å². The number of pyridine rings is 1. The van der Waals surface area contributed by atoms with Gasteiger partial charge in [0, 0.05) is 18.0 Å². The van der Waals surface area contributed by atoms with Gasteiger partial charge in [-0.15, -0.1) is 0 Å². The lowest BCUT2D eigenvalue weighted by Crippen LogP contribution is -1.92. The van der Waals surface area contributed by atoms with Gasteiger partial charge in [-0.25, -0.2) is 0 Å². The third-order valence-electron chi connectivity index (χ3n) is 2.44. The molecule has 1 aromatic carbocycles. The van der Waals surface area contributed by atoms with Gasteiger partial charge in [-0.05, 0) is 30.3 Å². The lowest BCUT2D eigenvalue weighted by atomic mass is 10.2. The van der Waals surface area contributed by atoms with Crippen LogP contribution in [-0.2, 0) is 0 Å². The number of hydrogen-bond acceptors (Lipinski definition) is 4. The maximum absolute atomic E-state index is 5.27. The minimum Gasteiger partial charge on any atom is -0.497 e. The molecule has 0 amide bonds. The molecule has 1 aromatic heterocycles. The Morgan fingerprint density at radius 2 is 2.06 bits per heavy atom. The first-order valence-corrected chi connectivity index (χ1v) is 5.49. The van der Waals surface area contributed by atoms with Crippen LogP contribution in [0.3, 0.4) is 0 Å². The first kappa shape index (κ1) is 12.1. The highest BCUT2D eigenvalue weighted by molar-refractivity contribution is 5.86. The van der Waals surface area contributed by atoms with E-state index in [1.54, 1.807) is 32.8 Å². The van der Waals surface area contributed by atoms with Crippen LogP contribution in [0.25, 0.3) is 0 Å². The molecule has 0 aliphatic rings. The van der Waals surface area contributed by atoms with E-state index in [1.807, 2.05) is 30.3 Å². The zero-order valence-electron chi connectivity index (χ0n) is 10.3. The van der Waals surface area contributed by atoms with Crippen molar-refractivity contribution in [1.82, 2.24) is 4.98 Å². The molecule has 0 saturated heterocycles. The van der Waals surface area contributed by atoms with Crippen molar-refractivity contribution in [3.63, 3.8) is 0 Å². The van der Waals surface area contributed by atoms with Crippen LogP contribution in [0, 0.1) is 0 Å². The fourth-order valence-corrected chi connectivity index (χ4v) is 1.51. The van der Waals surface area contributed by atoms with Gasteiger partial charge >= 0.3 is 0 Å². The predicted molar refractivity (Wildman–Crippen MR) is 71.0 cm³/mol. The van der Waals surface area contributed by atoms with Crippen LogP contribution in [0.15, 0.2) is 47.7 Å². The molecule has 0 N–H and O–H groups in total. The number of aromatic nitrogens is 1. The molecule has 0 aliphatic carbocycles. The SMILES string of the molecule is COc1ccc(OC)c(C=Nc2cccnc2)c1. The van der Waals surface area contributed by atoms with Gasteiger partial charge in [-0.1, -0.05) is 0 Å². The Kier molecular flexibility index (Phi) is 3.91. The zero-order valence-corrected chi connectivity index (χ0v) is 10.3. The van der Waals surface area contributed by atoms with Crippen molar-refractivity contribution in [3.05, 3.63) is 48.3 Å². The second-order valence-electron chi connectivity index (χ2n) is 3.58. The fourth-order valence-electron chi connectivity index (χ4n) is 1.51. The van der Waals surface area contributed by atoms with E-state index in [9.17, 15) is 0 Å². The van der Waals surface area contributed by atoms with Crippen LogP contribution in [0.5, 0.6) is 11.5 Å². The topological polar surface area (TPSA) is 43.7 Å². The summed E-state index contributed by atoms with van der Waals surface area (Å²) in [7, 11) is 3.26. The molecular formula is C14H14N2O2. The van der Waals surface area contributed by atoms with Crippen LogP contribution in [0.1, 0.15) is 5.56 Å². The number of ether oxygens (including phenoxy) is 2. The fraction of sp³-hybridized carbons (Fsp3) is 0.143. The van der Waals surface area contributed by atoms with Gasteiger partial charge in [-0.3, -0.25) is 9.98 Å². The second kappa shape index (κ2) is 5.82. The Balaban J connectivity index is 2.30. The monoisotopic (exact) mass is 242 g/mol. The summed E-state index contributed by atoms with van der Waals surface area (Å²) in [5, 5.41) is 0. The van der Waals surface area contributed by atoms with E-state index in [1.165, 1.54) is 0 Å². The zero-order chi connectivity index (χ0) is 12.8. The van der Waals surface area contributed by atoms with E-state index in [2.05, 4.69) is 9.98 Å². The molecule has 0 bridgehead atoms. The Labute approximate surface area is 106 Å². The van der Waals surface area contributed by atoms with E-state index in [-0.39, 0.29) is 0 Å². The van der Waals surface area contributed by atoms with Gasteiger partial charge in [0.25, 0.3) is 0 Å². The first-order valence-electron chi connectivity index (χ1n) is 5.49. The van der Waals surface area contributed by atoms with Crippen LogP contribution in [0.4, 0.5) is 5.69 Å². The molecule has 0 unspecified atom stereocenters. The summed E-state index contributed by atoms with van der Waals surface area (Å²) >= 11 is 0. The molecule has 0 saturated carbocycles. The van der Waals surface area contributed by atoms with Gasteiger partial charge in [0.05, 0.1) is 26.1 Å². The van der Waals surface area contributed by atoms with E-state index in [4.69, 9.17) is 9.47 Å². The van der Waals surface area contributed by atoms with Crippen molar-refractivity contribution in [3.8, 4) is 11.5 Å². The van der Waals surface area contributed by atoms with Crippen molar-refractivity contribution in [2.75, 3.05) is 14.2 Å². The summed E-state index contributed by atoms with van der Waals surface area (Å²) in [5.74, 6) is 1.52. The average Bonchev–Trinajstić information content (AvgIpc) is 2.45. The number of nitrogens with zero attached hydrogens (tertiary/aromatic N) is 2. The van der Waals surface area contributed by atoms with Crippen LogP contribution in [0.2, 0.25) is 0 Å². The molecule has 4 nitrogen and oxygen atoms in total. The highest BCUT2D eigenvalue weighted by Crippen LogP contribution is 2.23. The second-order valence-corrected chi connectivity index (χ2v) is 3.58. The van der Waals surface area contributed by atoms with Crippen LogP contribution < -0.4 is 9.47 Å². The molecule has 4 heteroatoms. The Morgan fingerprint density at radius 1 is 1.17 bits per heavy atom. The molecule has 0 fully saturated rings. The standard InChI is InChI=1S/C14H14N2O2/c1-17-13-5-6-14(18-2)11(8-13)9-16-12-4-3-7-15-10-12/h3-10H,1-2H3. The van der Waals surface area contributed by atoms with E-state index >= 15 is 0 Å². The number of rotatable bonds is 4. The van der Waals surface area contributed by atoms with Gasteiger partial charge in [0.1, 0.15) is 11.5 Å². The van der Waals surface area contributed by atoms with Crippen molar-refractivity contribution in [2.24, 2.45) is 4.99 Å². The highest BCUT2D eigenvalue weighted by atomic mass is 16.5. The molecule has 1 heterocycles. The summed E-state index contributed by atoms with van der Waals surface area (Å²) in [4.78, 5) is 8.34. The largest absolute Gasteiger partial charge is 0.497 e. The van der Waals surface area contributed by atoms with Crippen LogP contribution >= 0.6 is 0 Å². The summed E-state index contributed by atoms with van der Waals surface area (Å²) in [6, 6.07) is 9.30. The smallest absolute Gasteiger partial charge is 0.127 e. The quantitative estimate of drug-likeness (QED) is 0.774. The molecule has 0 spiro atoms. The average molecular weight is 242 g/mol. The molecule has 18 heavy (non-hydrogen) atoms. The molecule has 0 aliphatic heterocycles. The maximum Gasteiger partial charge on any atom is 0.127 e. The van der Waals surface area contributed by atoms with E-state index in [0.717, 1.165) is 22.7 Å². The summed E-state index contributed by atoms with van der Waals surface area (Å²) in [6.07, 6.45) is 5.15. The van der Waals surface area contributed by atoms with Crippen LogP contribution in [-0.4, -0.2) is 25.4 Å². The molecular weight excluding hydrogens is 228 g/mol. The molecule has 2 aromatic rings.